The van der Waals surface area contributed by atoms with E-state index in [9.17, 15) is 22.8 Å². The molecule has 1 aromatic rings. The number of benzene rings is 1. The molecule has 0 saturated heterocycles. The minimum atomic E-state index is -4.55. The number of nitrogens with zero attached hydrogens (tertiary/aromatic N) is 2. The highest BCUT2D eigenvalue weighted by molar-refractivity contribution is 5.99. The number of halogens is 3. The predicted octanol–water partition coefficient (Wildman–Crippen LogP) is 2.92. The summed E-state index contributed by atoms with van der Waals surface area (Å²) in [6, 6.07) is 5.20. The standard InChI is InChI=1S/C24H31F3N4O4/c1-23(2)12-20(32)31(22(28)30-23)17(8-9-34-3)14-10-15(14)21(33)29-16-11-19(24(25,26)27)35-18-7-5-4-6-13(16)18/h4-7,14-17,19H,8-12H2,1-3H3,(H2,28,30)(H,29,33)/t14?,15-,16+,17-,19?/m1/s1. The Kier molecular flexibility index (Phi) is 6.74. The number of fused-ring (bicyclic) bond motifs is 1. The molecule has 1 fully saturated rings. The first-order valence-electron chi connectivity index (χ1n) is 11.7. The van der Waals surface area contributed by atoms with E-state index >= 15 is 0 Å². The van der Waals surface area contributed by atoms with Crippen molar-refractivity contribution in [3.63, 3.8) is 0 Å². The summed E-state index contributed by atoms with van der Waals surface area (Å²) >= 11 is 0. The summed E-state index contributed by atoms with van der Waals surface area (Å²) in [6.45, 7) is 4.01. The molecule has 8 nitrogen and oxygen atoms in total. The number of hydrogen-bond donors (Lipinski definition) is 2. The van der Waals surface area contributed by atoms with Gasteiger partial charge in [-0.25, -0.2) is 4.99 Å². The Labute approximate surface area is 202 Å². The molecule has 0 spiro atoms. The van der Waals surface area contributed by atoms with Gasteiger partial charge in [0.15, 0.2) is 12.1 Å². The van der Waals surface area contributed by atoms with E-state index < -0.39 is 36.2 Å². The van der Waals surface area contributed by atoms with Gasteiger partial charge in [-0.15, -0.1) is 0 Å². The molecule has 1 aliphatic carbocycles. The number of amides is 2. The maximum Gasteiger partial charge on any atom is 0.425 e. The summed E-state index contributed by atoms with van der Waals surface area (Å²) in [5.74, 6) is -0.933. The number of para-hydroxylation sites is 1. The Morgan fingerprint density at radius 3 is 2.71 bits per heavy atom. The van der Waals surface area contributed by atoms with Gasteiger partial charge >= 0.3 is 6.18 Å². The lowest BCUT2D eigenvalue weighted by Gasteiger charge is -2.38. The first-order valence-corrected chi connectivity index (χ1v) is 11.7. The molecule has 1 aromatic carbocycles. The number of carbonyl (C=O) groups is 2. The van der Waals surface area contributed by atoms with Crippen molar-refractivity contribution >= 4 is 17.8 Å². The monoisotopic (exact) mass is 496 g/mol. The number of nitrogens with two attached hydrogens (primary N) is 1. The molecule has 0 radical (unpaired) electrons. The van der Waals surface area contributed by atoms with Crippen molar-refractivity contribution in [2.24, 2.45) is 22.6 Å². The molecule has 0 bridgehead atoms. The summed E-state index contributed by atoms with van der Waals surface area (Å²) < 4.78 is 50.6. The number of hydrogen-bond acceptors (Lipinski definition) is 6. The van der Waals surface area contributed by atoms with Crippen LogP contribution in [0.4, 0.5) is 13.2 Å². The quantitative estimate of drug-likeness (QED) is 0.604. The van der Waals surface area contributed by atoms with Crippen molar-refractivity contribution in [3.8, 4) is 5.75 Å². The molecule has 3 aliphatic rings. The van der Waals surface area contributed by atoms with Crippen molar-refractivity contribution < 1.29 is 32.2 Å². The van der Waals surface area contributed by atoms with E-state index in [0.717, 1.165) is 0 Å². The molecule has 0 aromatic heterocycles. The van der Waals surface area contributed by atoms with Crippen LogP contribution >= 0.6 is 0 Å². The zero-order valence-electron chi connectivity index (χ0n) is 20.0. The van der Waals surface area contributed by atoms with Gasteiger partial charge in [-0.1, -0.05) is 18.2 Å². The van der Waals surface area contributed by atoms with Crippen LogP contribution in [0, 0.1) is 11.8 Å². The second kappa shape index (κ2) is 9.33. The third kappa shape index (κ3) is 5.39. The van der Waals surface area contributed by atoms with E-state index in [2.05, 4.69) is 10.3 Å². The summed E-state index contributed by atoms with van der Waals surface area (Å²) in [5, 5.41) is 2.80. The molecule has 2 unspecified atom stereocenters. The molecule has 2 amide bonds. The summed E-state index contributed by atoms with van der Waals surface area (Å²) in [7, 11) is 1.55. The fourth-order valence-electron chi connectivity index (χ4n) is 5.09. The largest absolute Gasteiger partial charge is 0.480 e. The molecular formula is C24H31F3N4O4. The van der Waals surface area contributed by atoms with Crippen LogP contribution in [0.15, 0.2) is 29.3 Å². The zero-order valence-corrected chi connectivity index (χ0v) is 20.0. The van der Waals surface area contributed by atoms with E-state index in [1.807, 2.05) is 13.8 Å². The van der Waals surface area contributed by atoms with Crippen LogP contribution in [0.5, 0.6) is 5.75 Å². The topological polar surface area (TPSA) is 106 Å². The van der Waals surface area contributed by atoms with Gasteiger partial charge in [0.1, 0.15) is 5.75 Å². The Hall–Kier alpha value is -2.82. The van der Waals surface area contributed by atoms with Crippen LogP contribution in [0.25, 0.3) is 0 Å². The van der Waals surface area contributed by atoms with Crippen molar-refractivity contribution in [2.75, 3.05) is 13.7 Å². The van der Waals surface area contributed by atoms with E-state index in [0.29, 0.717) is 25.0 Å². The molecule has 4 rings (SSSR count). The molecule has 3 N–H and O–H groups in total. The maximum absolute atomic E-state index is 13.4. The van der Waals surface area contributed by atoms with Gasteiger partial charge in [-0.3, -0.25) is 14.5 Å². The molecular weight excluding hydrogens is 465 g/mol. The number of ether oxygens (including phenoxy) is 2. The molecule has 1 saturated carbocycles. The molecule has 11 heteroatoms. The van der Waals surface area contributed by atoms with Crippen LogP contribution < -0.4 is 15.8 Å². The van der Waals surface area contributed by atoms with Crippen molar-refractivity contribution in [2.45, 2.75) is 69.4 Å². The van der Waals surface area contributed by atoms with Gasteiger partial charge in [0.2, 0.25) is 11.8 Å². The molecule has 2 aliphatic heterocycles. The second-order valence-electron chi connectivity index (χ2n) is 10.1. The number of alkyl halides is 3. The third-order valence-corrected chi connectivity index (χ3v) is 6.83. The molecule has 5 atom stereocenters. The zero-order chi connectivity index (χ0) is 25.5. The van der Waals surface area contributed by atoms with Gasteiger partial charge < -0.3 is 20.5 Å². The summed E-state index contributed by atoms with van der Waals surface area (Å²) in [4.78, 5) is 32.0. The molecule has 192 valence electrons. The minimum Gasteiger partial charge on any atom is -0.480 e. The van der Waals surface area contributed by atoms with Gasteiger partial charge in [-0.05, 0) is 38.7 Å². The highest BCUT2D eigenvalue weighted by Gasteiger charge is 2.53. The first kappa shape index (κ1) is 25.3. The van der Waals surface area contributed by atoms with Gasteiger partial charge in [-0.2, -0.15) is 13.2 Å². The Morgan fingerprint density at radius 1 is 1.34 bits per heavy atom. The summed E-state index contributed by atoms with van der Waals surface area (Å²) in [6.07, 6.45) is -5.81. The van der Waals surface area contributed by atoms with Crippen molar-refractivity contribution in [1.29, 1.82) is 0 Å². The number of nitrogens with one attached hydrogen (secondary N) is 1. The van der Waals surface area contributed by atoms with Gasteiger partial charge in [0.05, 0.1) is 18.0 Å². The Balaban J connectivity index is 1.50. The Bertz CT molecular complexity index is 1010. The Morgan fingerprint density at radius 2 is 2.06 bits per heavy atom. The van der Waals surface area contributed by atoms with Crippen LogP contribution in [0.1, 0.15) is 51.1 Å². The second-order valence-corrected chi connectivity index (χ2v) is 10.1. The number of guanidine groups is 1. The number of methoxy groups -OCH3 is 1. The average molecular weight is 497 g/mol. The minimum absolute atomic E-state index is 0.113. The van der Waals surface area contributed by atoms with E-state index in [1.165, 1.54) is 11.0 Å². The van der Waals surface area contributed by atoms with E-state index in [-0.39, 0.29) is 41.9 Å². The average Bonchev–Trinajstić information content (AvgIpc) is 3.55. The normalized spacial score (nSPS) is 28.5. The fraction of sp³-hybridized carbons (Fsp3) is 0.625. The van der Waals surface area contributed by atoms with Gasteiger partial charge in [0.25, 0.3) is 0 Å². The van der Waals surface area contributed by atoms with Crippen LogP contribution in [-0.2, 0) is 14.3 Å². The lowest BCUT2D eigenvalue weighted by atomic mass is 9.95. The smallest absolute Gasteiger partial charge is 0.425 e. The van der Waals surface area contributed by atoms with Crippen LogP contribution in [0.2, 0.25) is 0 Å². The molecule has 2 heterocycles. The number of rotatable bonds is 7. The third-order valence-electron chi connectivity index (χ3n) is 6.83. The molecule has 35 heavy (non-hydrogen) atoms. The van der Waals surface area contributed by atoms with Crippen molar-refractivity contribution in [1.82, 2.24) is 10.2 Å². The first-order chi connectivity index (χ1) is 16.4. The predicted molar refractivity (Wildman–Crippen MR) is 121 cm³/mol. The summed E-state index contributed by atoms with van der Waals surface area (Å²) in [5.41, 5.74) is 6.07. The number of carbonyl (C=O) groups excluding carboxylic acids is 2. The fourth-order valence-corrected chi connectivity index (χ4v) is 5.09. The lowest BCUT2D eigenvalue weighted by molar-refractivity contribution is -0.201. The lowest BCUT2D eigenvalue weighted by Crippen LogP contribution is -2.55. The van der Waals surface area contributed by atoms with Gasteiger partial charge in [0, 0.05) is 37.7 Å². The van der Waals surface area contributed by atoms with E-state index in [1.54, 1.807) is 25.3 Å². The maximum atomic E-state index is 13.4. The highest BCUT2D eigenvalue weighted by atomic mass is 19.4. The van der Waals surface area contributed by atoms with E-state index in [4.69, 9.17) is 15.2 Å². The highest BCUT2D eigenvalue weighted by Crippen LogP contribution is 2.47. The van der Waals surface area contributed by atoms with Crippen LogP contribution in [0.3, 0.4) is 0 Å². The van der Waals surface area contributed by atoms with Crippen LogP contribution in [-0.4, -0.2) is 60.3 Å². The SMILES string of the molecule is COCC[C@H](C1C[C@H]1C(=O)N[C@H]1CC(C(F)(F)F)Oc2ccccc21)N1C(=O)CC(C)(C)N=C1N. The number of aliphatic imine (C=N–C) groups is 1. The van der Waals surface area contributed by atoms with Crippen molar-refractivity contribution in [3.05, 3.63) is 29.8 Å².